The molecule has 0 aromatic rings. The molecule has 0 aromatic heterocycles. The molecule has 0 spiro atoms. The molecule has 4 fully saturated rings. The molecule has 0 aliphatic heterocycles. The Hall–Kier alpha value is -1.66. The summed E-state index contributed by atoms with van der Waals surface area (Å²) in [6.07, 6.45) is 6.22. The number of esters is 1. The Morgan fingerprint density at radius 3 is 2.30 bits per heavy atom. The van der Waals surface area contributed by atoms with Gasteiger partial charge in [0.25, 0.3) is 0 Å². The van der Waals surface area contributed by atoms with E-state index in [1.165, 1.54) is 6.92 Å². The van der Waals surface area contributed by atoms with Crippen LogP contribution in [0.3, 0.4) is 0 Å². The van der Waals surface area contributed by atoms with E-state index in [1.807, 2.05) is 19.9 Å². The highest BCUT2D eigenvalue weighted by Gasteiger charge is 2.70. The molecule has 0 heterocycles. The second-order valence-electron chi connectivity index (χ2n) is 13.6. The molecule has 0 radical (unpaired) electrons. The van der Waals surface area contributed by atoms with Crippen LogP contribution in [0.1, 0.15) is 99.8 Å². The van der Waals surface area contributed by atoms with Crippen molar-refractivity contribution in [1.29, 1.82) is 0 Å². The molecule has 10 atom stereocenters. The average molecular weight is 517 g/mol. The molecular formula is C31H48O6. The van der Waals surface area contributed by atoms with Crippen LogP contribution in [-0.4, -0.2) is 45.6 Å². The quantitative estimate of drug-likeness (QED) is 0.247. The number of carboxylic acid groups (broad SMARTS) is 1. The van der Waals surface area contributed by atoms with Crippen molar-refractivity contribution in [3.63, 3.8) is 0 Å². The van der Waals surface area contributed by atoms with Crippen molar-refractivity contribution in [3.05, 3.63) is 22.8 Å². The summed E-state index contributed by atoms with van der Waals surface area (Å²) in [6, 6.07) is 0. The first kappa shape index (κ1) is 28.4. The Morgan fingerprint density at radius 2 is 1.70 bits per heavy atom. The first-order chi connectivity index (χ1) is 17.2. The first-order valence-electron chi connectivity index (χ1n) is 14.3. The normalized spacial score (nSPS) is 46.2. The van der Waals surface area contributed by atoms with Crippen molar-refractivity contribution in [1.82, 2.24) is 0 Å². The van der Waals surface area contributed by atoms with Gasteiger partial charge < -0.3 is 20.1 Å². The molecule has 2 unspecified atom stereocenters. The predicted octanol–water partition coefficient (Wildman–Crippen LogP) is 5.67. The van der Waals surface area contributed by atoms with Gasteiger partial charge in [-0.3, -0.25) is 4.79 Å². The number of allylic oxidation sites excluding steroid dienone is 2. The third-order valence-electron chi connectivity index (χ3n) is 11.6. The minimum atomic E-state index is -0.953. The number of hydrogen-bond acceptors (Lipinski definition) is 5. The largest absolute Gasteiger partial charge is 0.478 e. The van der Waals surface area contributed by atoms with Gasteiger partial charge in [-0.15, -0.1) is 0 Å². The van der Waals surface area contributed by atoms with E-state index in [0.717, 1.165) is 36.8 Å². The highest BCUT2D eigenvalue weighted by Crippen LogP contribution is 2.74. The zero-order valence-corrected chi connectivity index (χ0v) is 23.8. The predicted molar refractivity (Wildman–Crippen MR) is 143 cm³/mol. The number of hydrogen-bond donors (Lipinski definition) is 3. The lowest BCUT2D eigenvalue weighted by atomic mass is 9.36. The molecule has 3 N–H and O–H groups in total. The number of rotatable bonds is 5. The Balaban J connectivity index is 1.82. The van der Waals surface area contributed by atoms with Gasteiger partial charge in [-0.1, -0.05) is 39.3 Å². The molecule has 4 aliphatic carbocycles. The number of fused-ring (bicyclic) bond motifs is 5. The Labute approximate surface area is 222 Å². The van der Waals surface area contributed by atoms with Crippen LogP contribution in [0.2, 0.25) is 0 Å². The van der Waals surface area contributed by atoms with Crippen LogP contribution >= 0.6 is 0 Å². The maximum absolute atomic E-state index is 12.6. The molecular weight excluding hydrogens is 468 g/mol. The lowest BCUT2D eigenvalue weighted by Gasteiger charge is -2.69. The maximum atomic E-state index is 12.6. The lowest BCUT2D eigenvalue weighted by Crippen LogP contribution is -2.65. The van der Waals surface area contributed by atoms with Gasteiger partial charge in [0.1, 0.15) is 6.10 Å². The molecule has 0 bridgehead atoms. The van der Waals surface area contributed by atoms with Gasteiger partial charge >= 0.3 is 11.9 Å². The van der Waals surface area contributed by atoms with E-state index in [1.54, 1.807) is 0 Å². The van der Waals surface area contributed by atoms with Crippen LogP contribution in [0.15, 0.2) is 22.8 Å². The van der Waals surface area contributed by atoms with Crippen molar-refractivity contribution >= 4 is 11.9 Å². The van der Waals surface area contributed by atoms with Crippen LogP contribution < -0.4 is 0 Å². The van der Waals surface area contributed by atoms with Crippen LogP contribution in [0.25, 0.3) is 0 Å². The number of carboxylic acids is 1. The summed E-state index contributed by atoms with van der Waals surface area (Å²) in [4.78, 5) is 24.8. The van der Waals surface area contributed by atoms with Crippen molar-refractivity contribution in [2.75, 3.05) is 0 Å². The highest BCUT2D eigenvalue weighted by atomic mass is 16.5. The summed E-state index contributed by atoms with van der Waals surface area (Å²) in [5, 5.41) is 32.9. The van der Waals surface area contributed by atoms with Crippen LogP contribution in [0.5, 0.6) is 0 Å². The SMILES string of the molecule is CC(=O)O[C@H]1C[C@@]2(C)[C@H](C[C@@H](O)C3[C@]2(C)CC[C@H]2C(C)[C@H](O)CC[C@]32C)/C1=C(\CCC=C(C)C)C(=O)O. The van der Waals surface area contributed by atoms with Crippen LogP contribution in [-0.2, 0) is 14.3 Å². The van der Waals surface area contributed by atoms with Gasteiger partial charge in [0.05, 0.1) is 12.2 Å². The molecule has 0 amide bonds. The minimum absolute atomic E-state index is 0.0474. The van der Waals surface area contributed by atoms with Gasteiger partial charge in [0.2, 0.25) is 0 Å². The molecule has 0 saturated heterocycles. The summed E-state index contributed by atoms with van der Waals surface area (Å²) in [5.74, 6) is -0.909. The fraction of sp³-hybridized carbons (Fsp3) is 0.806. The van der Waals surface area contributed by atoms with Crippen molar-refractivity contribution in [3.8, 4) is 0 Å². The Morgan fingerprint density at radius 1 is 1.03 bits per heavy atom. The minimum Gasteiger partial charge on any atom is -0.478 e. The van der Waals surface area contributed by atoms with Crippen molar-refractivity contribution < 1.29 is 29.6 Å². The van der Waals surface area contributed by atoms with Gasteiger partial charge in [-0.05, 0) is 111 Å². The second kappa shape index (κ2) is 9.82. The third kappa shape index (κ3) is 4.40. The summed E-state index contributed by atoms with van der Waals surface area (Å²) in [7, 11) is 0. The number of carbonyl (C=O) groups excluding carboxylic acids is 1. The fourth-order valence-electron chi connectivity index (χ4n) is 9.79. The van der Waals surface area contributed by atoms with E-state index < -0.39 is 24.1 Å². The van der Waals surface area contributed by atoms with E-state index in [9.17, 15) is 24.9 Å². The molecule has 6 nitrogen and oxygen atoms in total. The van der Waals surface area contributed by atoms with E-state index in [2.05, 4.69) is 27.7 Å². The van der Waals surface area contributed by atoms with E-state index >= 15 is 0 Å². The summed E-state index contributed by atoms with van der Waals surface area (Å²) < 4.78 is 5.87. The fourth-order valence-corrected chi connectivity index (χ4v) is 9.79. The van der Waals surface area contributed by atoms with Gasteiger partial charge in [-0.2, -0.15) is 0 Å². The van der Waals surface area contributed by atoms with Gasteiger partial charge in [0, 0.05) is 12.5 Å². The molecule has 4 aliphatic rings. The molecule has 0 aromatic carbocycles. The third-order valence-corrected chi connectivity index (χ3v) is 11.6. The smallest absolute Gasteiger partial charge is 0.331 e. The molecule has 208 valence electrons. The number of carbonyl (C=O) groups is 2. The number of aliphatic carboxylic acids is 1. The topological polar surface area (TPSA) is 104 Å². The van der Waals surface area contributed by atoms with Crippen LogP contribution in [0, 0.1) is 39.9 Å². The van der Waals surface area contributed by atoms with Crippen LogP contribution in [0.4, 0.5) is 0 Å². The number of aliphatic hydroxyl groups is 2. The molecule has 37 heavy (non-hydrogen) atoms. The summed E-state index contributed by atoms with van der Waals surface area (Å²) in [6.45, 7) is 14.5. The zero-order valence-electron chi connectivity index (χ0n) is 23.8. The molecule has 4 saturated carbocycles. The zero-order chi connectivity index (χ0) is 27.5. The van der Waals surface area contributed by atoms with Crippen molar-refractivity contribution in [2.24, 2.45) is 39.9 Å². The second-order valence-corrected chi connectivity index (χ2v) is 13.6. The Kier molecular flexibility index (Phi) is 7.53. The van der Waals surface area contributed by atoms with E-state index in [4.69, 9.17) is 4.74 Å². The van der Waals surface area contributed by atoms with Gasteiger partial charge in [0.15, 0.2) is 0 Å². The first-order valence-corrected chi connectivity index (χ1v) is 14.3. The summed E-state index contributed by atoms with van der Waals surface area (Å²) >= 11 is 0. The lowest BCUT2D eigenvalue weighted by molar-refractivity contribution is -0.234. The van der Waals surface area contributed by atoms with Crippen molar-refractivity contribution in [2.45, 2.75) is 118 Å². The summed E-state index contributed by atoms with van der Waals surface area (Å²) in [5.41, 5.74) is 1.57. The highest BCUT2D eigenvalue weighted by molar-refractivity contribution is 5.88. The monoisotopic (exact) mass is 516 g/mol. The van der Waals surface area contributed by atoms with Gasteiger partial charge in [-0.25, -0.2) is 4.79 Å². The number of aliphatic hydroxyl groups excluding tert-OH is 2. The molecule has 4 rings (SSSR count). The number of ether oxygens (including phenoxy) is 1. The Bertz CT molecular complexity index is 994. The van der Waals surface area contributed by atoms with E-state index in [-0.39, 0.29) is 40.1 Å². The molecule has 6 heteroatoms. The average Bonchev–Trinajstić information content (AvgIpc) is 3.05. The maximum Gasteiger partial charge on any atom is 0.331 e. The van der Waals surface area contributed by atoms with E-state index in [0.29, 0.717) is 37.2 Å². The standard InChI is InChI=1S/C31H48O6/c1-17(2)9-8-10-20(28(35)36)26-22-15-24(34)27-29(5)13-12-23(33)18(3)21(29)11-14-30(27,6)31(22,7)16-25(26)37-19(4)32/h9,18,21-25,27,33-34H,8,10-16H2,1-7H3,(H,35,36)/b26-20-/t18?,21-,22+,23+,24+,25-,27?,29-,30-,31-/m0/s1.